The van der Waals surface area contributed by atoms with Crippen molar-refractivity contribution in [3.05, 3.63) is 23.8 Å². The summed E-state index contributed by atoms with van der Waals surface area (Å²) in [6, 6.07) is 8.00. The molecule has 1 rings (SSSR count). The number of hydrogen-bond donors (Lipinski definition) is 2. The molecule has 0 amide bonds. The fourth-order valence-electron chi connectivity index (χ4n) is 1.83. The van der Waals surface area contributed by atoms with Crippen LogP contribution in [0.3, 0.4) is 0 Å². The first-order valence-corrected chi connectivity index (χ1v) is 6.24. The summed E-state index contributed by atoms with van der Waals surface area (Å²) < 4.78 is 0. The van der Waals surface area contributed by atoms with Crippen LogP contribution in [0.1, 0.15) is 45.1 Å². The first-order valence-electron chi connectivity index (χ1n) is 6.24. The molecular formula is C14H21N3. The summed E-state index contributed by atoms with van der Waals surface area (Å²) in [5, 5.41) is 12.3. The number of nitrogens with two attached hydrogens (primary N) is 1. The number of nitriles is 1. The normalized spacial score (nSPS) is 11.8. The molecule has 1 aromatic carbocycles. The zero-order chi connectivity index (χ0) is 12.7. The van der Waals surface area contributed by atoms with E-state index in [9.17, 15) is 0 Å². The average Bonchev–Trinajstić information content (AvgIpc) is 2.32. The highest BCUT2D eigenvalue weighted by Crippen LogP contribution is 2.23. The van der Waals surface area contributed by atoms with Gasteiger partial charge in [0.2, 0.25) is 0 Å². The third kappa shape index (κ3) is 3.99. The fourth-order valence-corrected chi connectivity index (χ4v) is 1.83. The van der Waals surface area contributed by atoms with Crippen molar-refractivity contribution in [1.29, 1.82) is 5.26 Å². The van der Waals surface area contributed by atoms with Gasteiger partial charge in [-0.3, -0.25) is 0 Å². The summed E-state index contributed by atoms with van der Waals surface area (Å²) in [6.07, 6.45) is 4.85. The molecule has 0 saturated heterocycles. The second kappa shape index (κ2) is 6.80. The Kier molecular flexibility index (Phi) is 5.35. The number of unbranched alkanes of at least 4 members (excludes halogenated alkanes) is 2. The van der Waals surface area contributed by atoms with Gasteiger partial charge in [0.05, 0.1) is 16.9 Å². The number of hydrogen-bond acceptors (Lipinski definition) is 3. The number of nitrogens with one attached hydrogen (secondary N) is 1. The van der Waals surface area contributed by atoms with Crippen molar-refractivity contribution in [2.24, 2.45) is 0 Å². The van der Waals surface area contributed by atoms with Crippen molar-refractivity contribution in [1.82, 2.24) is 0 Å². The van der Waals surface area contributed by atoms with Crippen LogP contribution in [0.15, 0.2) is 18.2 Å². The monoisotopic (exact) mass is 231 g/mol. The lowest BCUT2D eigenvalue weighted by molar-refractivity contribution is 0.615. The second-order valence-corrected chi connectivity index (χ2v) is 4.42. The van der Waals surface area contributed by atoms with E-state index in [0.717, 1.165) is 12.1 Å². The maximum absolute atomic E-state index is 8.89. The van der Waals surface area contributed by atoms with Crippen molar-refractivity contribution < 1.29 is 0 Å². The molecule has 3 N–H and O–H groups in total. The molecule has 92 valence electrons. The van der Waals surface area contributed by atoms with Gasteiger partial charge in [0, 0.05) is 6.04 Å². The van der Waals surface area contributed by atoms with Gasteiger partial charge in [-0.2, -0.15) is 5.26 Å². The van der Waals surface area contributed by atoms with Gasteiger partial charge in [-0.05, 0) is 25.5 Å². The summed E-state index contributed by atoms with van der Waals surface area (Å²) in [5.74, 6) is 0. The minimum Gasteiger partial charge on any atom is -0.396 e. The van der Waals surface area contributed by atoms with Crippen molar-refractivity contribution in [2.45, 2.75) is 45.6 Å². The van der Waals surface area contributed by atoms with Crippen LogP contribution in [-0.2, 0) is 0 Å². The van der Waals surface area contributed by atoms with E-state index in [1.54, 1.807) is 6.07 Å². The molecule has 1 aromatic rings. The van der Waals surface area contributed by atoms with Gasteiger partial charge in [-0.15, -0.1) is 0 Å². The molecule has 3 nitrogen and oxygen atoms in total. The van der Waals surface area contributed by atoms with E-state index in [1.165, 1.54) is 19.3 Å². The highest BCUT2D eigenvalue weighted by Gasteiger charge is 2.07. The van der Waals surface area contributed by atoms with E-state index in [0.29, 0.717) is 17.3 Å². The number of benzene rings is 1. The molecule has 17 heavy (non-hydrogen) atoms. The largest absolute Gasteiger partial charge is 0.396 e. The predicted molar refractivity (Wildman–Crippen MR) is 72.8 cm³/mol. The number of rotatable bonds is 6. The van der Waals surface area contributed by atoms with E-state index in [-0.39, 0.29) is 0 Å². The minimum absolute atomic E-state index is 0.387. The molecule has 0 fully saturated rings. The fraction of sp³-hybridized carbons (Fsp3) is 0.500. The predicted octanol–water partition coefficient (Wildman–Crippen LogP) is 3.52. The summed E-state index contributed by atoms with van der Waals surface area (Å²) in [5.41, 5.74) is 7.87. The number of anilines is 2. The number of nitrogens with zero attached hydrogens (tertiary/aromatic N) is 1. The van der Waals surface area contributed by atoms with E-state index >= 15 is 0 Å². The highest BCUT2D eigenvalue weighted by atomic mass is 14.9. The topological polar surface area (TPSA) is 61.8 Å². The lowest BCUT2D eigenvalue weighted by atomic mass is 10.1. The molecule has 3 heteroatoms. The Morgan fingerprint density at radius 2 is 2.18 bits per heavy atom. The lowest BCUT2D eigenvalue weighted by Gasteiger charge is -2.17. The van der Waals surface area contributed by atoms with Gasteiger partial charge in [-0.1, -0.05) is 32.3 Å². The van der Waals surface area contributed by atoms with E-state index in [2.05, 4.69) is 25.2 Å². The molecule has 0 spiro atoms. The second-order valence-electron chi connectivity index (χ2n) is 4.42. The summed E-state index contributed by atoms with van der Waals surface area (Å²) in [6.45, 7) is 4.35. The van der Waals surface area contributed by atoms with E-state index in [1.807, 2.05) is 12.1 Å². The van der Waals surface area contributed by atoms with Crippen LogP contribution in [0.5, 0.6) is 0 Å². The maximum Gasteiger partial charge on any atom is 0.101 e. The molecular weight excluding hydrogens is 210 g/mol. The van der Waals surface area contributed by atoms with E-state index in [4.69, 9.17) is 11.0 Å². The zero-order valence-electron chi connectivity index (χ0n) is 10.7. The van der Waals surface area contributed by atoms with Crippen LogP contribution in [0.25, 0.3) is 0 Å². The van der Waals surface area contributed by atoms with Crippen molar-refractivity contribution in [3.8, 4) is 6.07 Å². The van der Waals surface area contributed by atoms with Crippen LogP contribution < -0.4 is 11.1 Å². The van der Waals surface area contributed by atoms with Crippen LogP contribution in [0.4, 0.5) is 11.4 Å². The lowest BCUT2D eigenvalue weighted by Crippen LogP contribution is -2.16. The van der Waals surface area contributed by atoms with Crippen LogP contribution in [0, 0.1) is 11.3 Å². The molecule has 0 aliphatic heterocycles. The number of nitrogen functional groups attached to an aromatic ring is 1. The molecule has 1 atom stereocenters. The van der Waals surface area contributed by atoms with Gasteiger partial charge >= 0.3 is 0 Å². The Morgan fingerprint density at radius 1 is 1.41 bits per heavy atom. The van der Waals surface area contributed by atoms with Gasteiger partial charge in [-0.25, -0.2) is 0 Å². The Morgan fingerprint density at radius 3 is 2.82 bits per heavy atom. The van der Waals surface area contributed by atoms with Crippen LogP contribution >= 0.6 is 0 Å². The molecule has 0 aliphatic rings. The Labute approximate surface area is 104 Å². The molecule has 0 heterocycles. The molecule has 0 bridgehead atoms. The SMILES string of the molecule is CCCCCC(C)Nc1cccc(C#N)c1N. The first-order chi connectivity index (χ1) is 8.19. The van der Waals surface area contributed by atoms with Gasteiger partial charge in [0.25, 0.3) is 0 Å². The first kappa shape index (κ1) is 13.4. The molecule has 0 aliphatic carbocycles. The standard InChI is InChI=1S/C14H21N3/c1-3-4-5-7-11(2)17-13-9-6-8-12(10-15)14(13)16/h6,8-9,11,17H,3-5,7,16H2,1-2H3. The third-order valence-electron chi connectivity index (χ3n) is 2.87. The van der Waals surface area contributed by atoms with Gasteiger partial charge in [0.15, 0.2) is 0 Å². The van der Waals surface area contributed by atoms with E-state index < -0.39 is 0 Å². The molecule has 0 radical (unpaired) electrons. The van der Waals surface area contributed by atoms with Crippen LogP contribution in [0.2, 0.25) is 0 Å². The minimum atomic E-state index is 0.387. The molecule has 0 aromatic heterocycles. The number of para-hydroxylation sites is 1. The Balaban J connectivity index is 2.59. The van der Waals surface area contributed by atoms with Crippen molar-refractivity contribution >= 4 is 11.4 Å². The third-order valence-corrected chi connectivity index (χ3v) is 2.87. The van der Waals surface area contributed by atoms with Gasteiger partial charge < -0.3 is 11.1 Å². The van der Waals surface area contributed by atoms with Crippen molar-refractivity contribution in [2.75, 3.05) is 11.1 Å². The maximum atomic E-state index is 8.89. The average molecular weight is 231 g/mol. The summed E-state index contributed by atoms with van der Waals surface area (Å²) >= 11 is 0. The van der Waals surface area contributed by atoms with Crippen molar-refractivity contribution in [3.63, 3.8) is 0 Å². The zero-order valence-corrected chi connectivity index (χ0v) is 10.7. The highest BCUT2D eigenvalue weighted by molar-refractivity contribution is 5.73. The Bertz CT molecular complexity index is 393. The van der Waals surface area contributed by atoms with Crippen LogP contribution in [-0.4, -0.2) is 6.04 Å². The molecule has 1 unspecified atom stereocenters. The smallest absolute Gasteiger partial charge is 0.101 e. The quantitative estimate of drug-likeness (QED) is 0.581. The van der Waals surface area contributed by atoms with Gasteiger partial charge in [0.1, 0.15) is 6.07 Å². The molecule has 0 saturated carbocycles. The summed E-state index contributed by atoms with van der Waals surface area (Å²) in [7, 11) is 0. The summed E-state index contributed by atoms with van der Waals surface area (Å²) in [4.78, 5) is 0. The Hall–Kier alpha value is -1.69.